The van der Waals surface area contributed by atoms with Gasteiger partial charge in [-0.05, 0) is 101 Å². The molecule has 11 heteroatoms. The van der Waals surface area contributed by atoms with Crippen molar-refractivity contribution < 1.29 is 27.9 Å². The minimum atomic E-state index is -2.17. The molecule has 1 N–H and O–H groups in total. The van der Waals surface area contributed by atoms with Crippen molar-refractivity contribution in [3.05, 3.63) is 125 Å². The Morgan fingerprint density at radius 3 is 1.67 bits per heavy atom. The van der Waals surface area contributed by atoms with Crippen molar-refractivity contribution in [3.63, 3.8) is 0 Å². The Morgan fingerprint density at radius 1 is 0.617 bits per heavy atom. The normalized spacial score (nSPS) is 22.8. The van der Waals surface area contributed by atoms with E-state index in [1.807, 2.05) is 70.5 Å². The third kappa shape index (κ3) is 7.39. The molecule has 2 fully saturated rings. The molecule has 0 radical (unpaired) electrons. The maximum absolute atomic E-state index is 13.9. The van der Waals surface area contributed by atoms with Gasteiger partial charge >= 0.3 is 12.2 Å². The number of nitrogens with one attached hydrogen (secondary N) is 1. The molecular formula is C49H63N3O6Si2. The van der Waals surface area contributed by atoms with Crippen LogP contribution in [-0.4, -0.2) is 63.9 Å². The van der Waals surface area contributed by atoms with Crippen LogP contribution in [0.15, 0.2) is 97.1 Å². The van der Waals surface area contributed by atoms with Gasteiger partial charge in [0, 0.05) is 30.8 Å². The first-order valence-electron chi connectivity index (χ1n) is 22.5. The van der Waals surface area contributed by atoms with Gasteiger partial charge in [-0.3, -0.25) is 4.90 Å². The van der Waals surface area contributed by atoms with Gasteiger partial charge in [-0.25, -0.2) is 9.59 Å². The van der Waals surface area contributed by atoms with Crippen LogP contribution in [0.4, 0.5) is 15.3 Å². The van der Waals surface area contributed by atoms with Gasteiger partial charge in [-0.2, -0.15) is 0 Å². The summed E-state index contributed by atoms with van der Waals surface area (Å²) >= 11 is 0. The first-order chi connectivity index (χ1) is 29.1. The summed E-state index contributed by atoms with van der Waals surface area (Å²) in [7, 11) is -4.30. The minimum absolute atomic E-state index is 0.134. The number of likely N-dealkylation sites (tertiary alicyclic amines) is 2. The van der Waals surface area contributed by atoms with E-state index < -0.39 is 27.8 Å². The van der Waals surface area contributed by atoms with E-state index in [0.29, 0.717) is 19.5 Å². The number of rotatable bonds is 15. The van der Waals surface area contributed by atoms with E-state index in [4.69, 9.17) is 18.3 Å². The van der Waals surface area contributed by atoms with Crippen molar-refractivity contribution in [1.82, 2.24) is 9.80 Å². The number of hydrogen-bond acceptors (Lipinski definition) is 7. The minimum Gasteiger partial charge on any atom is -0.445 e. The first kappa shape index (κ1) is 42.3. The highest BCUT2D eigenvalue weighted by atomic mass is 28.4. The molecular weight excluding hydrogens is 783 g/mol. The number of fused-ring (bicyclic) bond motifs is 6. The van der Waals surface area contributed by atoms with Crippen molar-refractivity contribution >= 4 is 34.5 Å². The summed E-state index contributed by atoms with van der Waals surface area (Å²) in [4.78, 5) is 31.5. The molecule has 9 nitrogen and oxygen atoms in total. The summed E-state index contributed by atoms with van der Waals surface area (Å²) in [6, 6.07) is 39.2. The van der Waals surface area contributed by atoms with E-state index >= 15 is 0 Å². The fourth-order valence-corrected chi connectivity index (χ4v) is 16.8. The summed E-state index contributed by atoms with van der Waals surface area (Å²) in [5.74, 6) is 0. The summed E-state index contributed by atoms with van der Waals surface area (Å²) in [6.07, 6.45) is 1.19. The zero-order chi connectivity index (χ0) is 42.1. The van der Waals surface area contributed by atoms with Crippen LogP contribution in [0.1, 0.15) is 82.2 Å². The second-order valence-corrected chi connectivity index (χ2v) is 26.7. The molecule has 60 heavy (non-hydrogen) atoms. The molecule has 4 atom stereocenters. The standard InChI is InChI=1S/C49H63N3O6Si2/c1-7-59(8-2,9-3)57-48-27-29-51(46(53)55-34-36-19-15-13-16-20-36)44(48)33-40-24-23-38(31-41(40)48)39-25-26-43-42(32-39)49(58-60(10-4,11-5)12-6)28-30-52(45(49)50-43)47(54)56-35-37-21-17-14-18-22-37/h13-26,31-32,44-45,50H,7-12,27-30,33-35H2,1-6H3/t44-,45+,48-,49-/m0/s1. The van der Waals surface area contributed by atoms with E-state index in [-0.39, 0.29) is 37.6 Å². The molecule has 4 aliphatic rings. The number of carbonyl (C=O) groups is 2. The quantitative estimate of drug-likeness (QED) is 0.119. The average molecular weight is 846 g/mol. The number of nitrogens with zero attached hydrogens (tertiary/aromatic N) is 2. The number of ether oxygens (including phenoxy) is 2. The highest BCUT2D eigenvalue weighted by Crippen LogP contribution is 2.55. The molecule has 3 heterocycles. The molecule has 0 bridgehead atoms. The Morgan fingerprint density at radius 2 is 1.10 bits per heavy atom. The highest BCUT2D eigenvalue weighted by Gasteiger charge is 2.60. The lowest BCUT2D eigenvalue weighted by atomic mass is 9.88. The smallest absolute Gasteiger partial charge is 0.411 e. The van der Waals surface area contributed by atoms with E-state index in [1.165, 1.54) is 11.1 Å². The zero-order valence-corrected chi connectivity index (χ0v) is 38.4. The monoisotopic (exact) mass is 845 g/mol. The van der Waals surface area contributed by atoms with E-state index in [0.717, 1.165) is 82.6 Å². The lowest BCUT2D eigenvalue weighted by molar-refractivity contribution is 0.0207. The van der Waals surface area contributed by atoms with Gasteiger partial charge < -0.3 is 28.5 Å². The number of amides is 2. The summed E-state index contributed by atoms with van der Waals surface area (Å²) < 4.78 is 27.1. The maximum Gasteiger partial charge on any atom is 0.411 e. The van der Waals surface area contributed by atoms with E-state index in [9.17, 15) is 9.59 Å². The predicted octanol–water partition coefficient (Wildman–Crippen LogP) is 11.5. The molecule has 1 aliphatic carbocycles. The van der Waals surface area contributed by atoms with Crippen LogP contribution in [0.5, 0.6) is 0 Å². The molecule has 0 unspecified atom stereocenters. The highest BCUT2D eigenvalue weighted by molar-refractivity contribution is 6.74. The van der Waals surface area contributed by atoms with Crippen LogP contribution >= 0.6 is 0 Å². The Hall–Kier alpha value is -4.43. The topological polar surface area (TPSA) is 89.6 Å². The van der Waals surface area contributed by atoms with Gasteiger partial charge in [0.25, 0.3) is 0 Å². The van der Waals surface area contributed by atoms with Gasteiger partial charge in [0.1, 0.15) is 30.6 Å². The Kier molecular flexibility index (Phi) is 12.1. The second-order valence-electron chi connectivity index (χ2n) is 17.3. The SMILES string of the molecule is CC[Si](CC)(CC)O[C@]12CCN(C(=O)OCc3ccccc3)[C@H]1Cc1ccc(-c3ccc4c(c3)[C@@]3(O[Si](CC)(CC)CC)CCN(C(=O)OCc5ccccc5)[C@H]3N4)cc12. The van der Waals surface area contributed by atoms with Crippen LogP contribution in [0.3, 0.4) is 0 Å². The van der Waals surface area contributed by atoms with Crippen LogP contribution < -0.4 is 5.32 Å². The van der Waals surface area contributed by atoms with Crippen molar-refractivity contribution in [1.29, 1.82) is 0 Å². The van der Waals surface area contributed by atoms with Crippen LogP contribution in [0.25, 0.3) is 11.1 Å². The molecule has 0 saturated carbocycles. The van der Waals surface area contributed by atoms with Crippen LogP contribution in [0.2, 0.25) is 36.3 Å². The van der Waals surface area contributed by atoms with Gasteiger partial charge in [0.15, 0.2) is 16.6 Å². The molecule has 0 spiro atoms. The average Bonchev–Trinajstić information content (AvgIpc) is 4.02. The van der Waals surface area contributed by atoms with Crippen molar-refractivity contribution in [3.8, 4) is 11.1 Å². The number of benzene rings is 4. The number of hydrogen-bond donors (Lipinski definition) is 1. The molecule has 318 valence electrons. The third-order valence-electron chi connectivity index (χ3n) is 14.7. The number of anilines is 1. The second kappa shape index (κ2) is 17.1. The van der Waals surface area contributed by atoms with Gasteiger partial charge in [-0.15, -0.1) is 0 Å². The molecule has 2 amide bonds. The Labute approximate surface area is 359 Å². The molecule has 0 aromatic heterocycles. The van der Waals surface area contributed by atoms with E-state index in [1.54, 1.807) is 0 Å². The molecule has 3 aliphatic heterocycles. The van der Waals surface area contributed by atoms with Crippen molar-refractivity contribution in [2.24, 2.45) is 0 Å². The van der Waals surface area contributed by atoms with Crippen molar-refractivity contribution in [2.45, 2.75) is 134 Å². The van der Waals surface area contributed by atoms with E-state index in [2.05, 4.69) is 83.3 Å². The predicted molar refractivity (Wildman–Crippen MR) is 243 cm³/mol. The van der Waals surface area contributed by atoms with Gasteiger partial charge in [-0.1, -0.05) is 120 Å². The maximum atomic E-state index is 13.9. The van der Waals surface area contributed by atoms with Crippen LogP contribution in [0, 0.1) is 0 Å². The molecule has 4 aromatic carbocycles. The molecule has 4 aromatic rings. The van der Waals surface area contributed by atoms with Crippen molar-refractivity contribution in [2.75, 3.05) is 18.4 Å². The zero-order valence-electron chi connectivity index (χ0n) is 36.4. The number of carbonyl (C=O) groups excluding carboxylic acids is 2. The fourth-order valence-electron chi connectivity index (χ4n) is 10.7. The fraction of sp³-hybridized carbons (Fsp3) is 0.469. The largest absolute Gasteiger partial charge is 0.445 e. The first-order valence-corrected chi connectivity index (χ1v) is 27.6. The lowest BCUT2D eigenvalue weighted by Gasteiger charge is -2.42. The Balaban J connectivity index is 1.13. The summed E-state index contributed by atoms with van der Waals surface area (Å²) in [6.45, 7) is 15.2. The Bertz CT molecular complexity index is 2000. The van der Waals surface area contributed by atoms with Gasteiger partial charge in [0.05, 0.1) is 6.04 Å². The molecule has 2 saturated heterocycles. The summed E-state index contributed by atoms with van der Waals surface area (Å²) in [5.41, 5.74) is 7.42. The molecule has 8 rings (SSSR count). The summed E-state index contributed by atoms with van der Waals surface area (Å²) in [5, 5.41) is 3.76. The third-order valence-corrected chi connectivity index (χ3v) is 24.1. The van der Waals surface area contributed by atoms with Crippen LogP contribution in [-0.2, 0) is 49.2 Å². The lowest BCUT2D eigenvalue weighted by Crippen LogP contribution is -2.53. The van der Waals surface area contributed by atoms with Gasteiger partial charge in [0.2, 0.25) is 0 Å².